The lowest BCUT2D eigenvalue weighted by Gasteiger charge is -2.04. The third-order valence-electron chi connectivity index (χ3n) is 2.21. The van der Waals surface area contributed by atoms with Gasteiger partial charge < -0.3 is 9.47 Å². The van der Waals surface area contributed by atoms with Crippen molar-refractivity contribution in [2.45, 2.75) is 39.0 Å². The maximum Gasteiger partial charge on any atom is 0.333 e. The number of esters is 2. The van der Waals surface area contributed by atoms with Crippen molar-refractivity contribution in [1.82, 2.24) is 0 Å². The first kappa shape index (κ1) is 14.7. The zero-order valence-corrected chi connectivity index (χ0v) is 10.2. The minimum absolute atomic E-state index is 0.0186. The van der Waals surface area contributed by atoms with Crippen LogP contribution in [0.4, 0.5) is 0 Å². The second-order valence-corrected chi connectivity index (χ2v) is 3.47. The molecule has 0 unspecified atom stereocenters. The highest BCUT2D eigenvalue weighted by Gasteiger charge is 2.13. The van der Waals surface area contributed by atoms with Gasteiger partial charge in [0, 0.05) is 5.57 Å². The van der Waals surface area contributed by atoms with Crippen LogP contribution in [0.2, 0.25) is 0 Å². The van der Waals surface area contributed by atoms with Gasteiger partial charge in [0.25, 0.3) is 0 Å². The molecule has 4 heteroatoms. The van der Waals surface area contributed by atoms with Crippen LogP contribution < -0.4 is 0 Å². The van der Waals surface area contributed by atoms with Gasteiger partial charge in [0.05, 0.1) is 20.6 Å². The van der Waals surface area contributed by atoms with E-state index in [-0.39, 0.29) is 6.42 Å². The zero-order chi connectivity index (χ0) is 12.4. The van der Waals surface area contributed by atoms with Crippen LogP contribution in [0.3, 0.4) is 0 Å². The van der Waals surface area contributed by atoms with Gasteiger partial charge in [-0.15, -0.1) is 0 Å². The Morgan fingerprint density at radius 1 is 1.12 bits per heavy atom. The van der Waals surface area contributed by atoms with Crippen LogP contribution in [-0.4, -0.2) is 26.2 Å². The van der Waals surface area contributed by atoms with Crippen LogP contribution in [0.5, 0.6) is 0 Å². The summed E-state index contributed by atoms with van der Waals surface area (Å²) in [7, 11) is 2.60. The Morgan fingerprint density at radius 2 is 1.81 bits per heavy atom. The molecule has 0 saturated carbocycles. The second kappa shape index (κ2) is 8.95. The maximum atomic E-state index is 11.3. The predicted octanol–water partition coefficient (Wildman–Crippen LogP) is 2.23. The van der Waals surface area contributed by atoms with Crippen molar-refractivity contribution >= 4 is 11.9 Å². The maximum absolute atomic E-state index is 11.3. The summed E-state index contributed by atoms with van der Waals surface area (Å²) >= 11 is 0. The van der Waals surface area contributed by atoms with Crippen molar-refractivity contribution in [1.29, 1.82) is 0 Å². The van der Waals surface area contributed by atoms with E-state index < -0.39 is 11.9 Å². The first-order chi connectivity index (χ1) is 7.65. The number of carbonyl (C=O) groups excluding carboxylic acids is 2. The van der Waals surface area contributed by atoms with Crippen molar-refractivity contribution in [3.05, 3.63) is 11.6 Å². The topological polar surface area (TPSA) is 52.6 Å². The molecule has 0 aliphatic heterocycles. The Labute approximate surface area is 96.6 Å². The van der Waals surface area contributed by atoms with Crippen LogP contribution in [0.25, 0.3) is 0 Å². The first-order valence-corrected chi connectivity index (χ1v) is 5.49. The Balaban J connectivity index is 4.30. The highest BCUT2D eigenvalue weighted by atomic mass is 16.5. The summed E-state index contributed by atoms with van der Waals surface area (Å²) < 4.78 is 9.12. The van der Waals surface area contributed by atoms with E-state index >= 15 is 0 Å². The molecule has 0 heterocycles. The van der Waals surface area contributed by atoms with E-state index in [0.717, 1.165) is 25.7 Å². The van der Waals surface area contributed by atoms with Gasteiger partial charge >= 0.3 is 11.9 Å². The molecule has 0 spiro atoms. The molecule has 4 nitrogen and oxygen atoms in total. The van der Waals surface area contributed by atoms with Gasteiger partial charge in [-0.05, 0) is 12.8 Å². The standard InChI is InChI=1S/C12H20O4/c1-4-5-6-7-8-10(12(14)16-3)9-11(13)15-2/h8H,4-7,9H2,1-3H3/b10-8-. The molecule has 92 valence electrons. The molecule has 0 aromatic carbocycles. The molecule has 0 bridgehead atoms. The van der Waals surface area contributed by atoms with Crippen LogP contribution in [0, 0.1) is 0 Å². The van der Waals surface area contributed by atoms with Crippen molar-refractivity contribution in [3.8, 4) is 0 Å². The fourth-order valence-electron chi connectivity index (χ4n) is 1.26. The highest BCUT2D eigenvalue weighted by Crippen LogP contribution is 2.09. The van der Waals surface area contributed by atoms with Gasteiger partial charge in [0.2, 0.25) is 0 Å². The first-order valence-electron chi connectivity index (χ1n) is 5.49. The molecule has 0 fully saturated rings. The van der Waals surface area contributed by atoms with Crippen LogP contribution in [-0.2, 0) is 19.1 Å². The van der Waals surface area contributed by atoms with E-state index in [1.54, 1.807) is 6.08 Å². The summed E-state index contributed by atoms with van der Waals surface area (Å²) in [5.41, 5.74) is 0.380. The number of rotatable bonds is 7. The zero-order valence-electron chi connectivity index (χ0n) is 10.2. The second-order valence-electron chi connectivity index (χ2n) is 3.47. The number of hydrogen-bond donors (Lipinski definition) is 0. The summed E-state index contributed by atoms with van der Waals surface area (Å²) in [4.78, 5) is 22.4. The summed E-state index contributed by atoms with van der Waals surface area (Å²) in [5, 5.41) is 0. The smallest absolute Gasteiger partial charge is 0.333 e. The lowest BCUT2D eigenvalue weighted by molar-refractivity contribution is -0.143. The van der Waals surface area contributed by atoms with Crippen molar-refractivity contribution in [3.63, 3.8) is 0 Å². The molecule has 0 aromatic rings. The number of hydrogen-bond acceptors (Lipinski definition) is 4. The highest BCUT2D eigenvalue weighted by molar-refractivity contribution is 5.93. The Morgan fingerprint density at radius 3 is 2.31 bits per heavy atom. The Bertz CT molecular complexity index is 256. The van der Waals surface area contributed by atoms with E-state index in [1.807, 2.05) is 0 Å². The fraction of sp³-hybridized carbons (Fsp3) is 0.667. The van der Waals surface area contributed by atoms with Crippen molar-refractivity contribution < 1.29 is 19.1 Å². The third kappa shape index (κ3) is 6.22. The molecule has 0 radical (unpaired) electrons. The molecular weight excluding hydrogens is 208 g/mol. The predicted molar refractivity (Wildman–Crippen MR) is 60.9 cm³/mol. The number of methoxy groups -OCH3 is 2. The van der Waals surface area contributed by atoms with Crippen LogP contribution >= 0.6 is 0 Å². The number of ether oxygens (including phenoxy) is 2. The Hall–Kier alpha value is -1.32. The molecule has 0 saturated heterocycles. The SMILES string of the molecule is CCCCC/C=C(/CC(=O)OC)C(=O)OC. The summed E-state index contributed by atoms with van der Waals surface area (Å²) in [5.74, 6) is -0.881. The molecule has 0 rings (SSSR count). The Kier molecular flexibility index (Phi) is 8.21. The van der Waals surface area contributed by atoms with Gasteiger partial charge in [0.15, 0.2) is 0 Å². The van der Waals surface area contributed by atoms with E-state index in [2.05, 4.69) is 16.4 Å². The lowest BCUT2D eigenvalue weighted by atomic mass is 10.1. The van der Waals surface area contributed by atoms with E-state index in [4.69, 9.17) is 0 Å². The van der Waals surface area contributed by atoms with Crippen LogP contribution in [0.15, 0.2) is 11.6 Å². The van der Waals surface area contributed by atoms with Gasteiger partial charge in [-0.2, -0.15) is 0 Å². The van der Waals surface area contributed by atoms with Gasteiger partial charge in [-0.1, -0.05) is 25.8 Å². The molecular formula is C12H20O4. The minimum Gasteiger partial charge on any atom is -0.469 e. The summed E-state index contributed by atoms with van der Waals surface area (Å²) in [6, 6.07) is 0. The van der Waals surface area contributed by atoms with Crippen molar-refractivity contribution in [2.24, 2.45) is 0 Å². The number of carbonyl (C=O) groups is 2. The molecule has 16 heavy (non-hydrogen) atoms. The molecule has 0 aromatic heterocycles. The monoisotopic (exact) mass is 228 g/mol. The average molecular weight is 228 g/mol. The van der Waals surface area contributed by atoms with Gasteiger partial charge in [-0.3, -0.25) is 4.79 Å². The fourth-order valence-corrected chi connectivity index (χ4v) is 1.26. The van der Waals surface area contributed by atoms with E-state index in [1.165, 1.54) is 14.2 Å². The quantitative estimate of drug-likeness (QED) is 0.381. The summed E-state index contributed by atoms with van der Waals surface area (Å²) in [6.45, 7) is 2.11. The molecule has 0 N–H and O–H groups in total. The van der Waals surface area contributed by atoms with Crippen molar-refractivity contribution in [2.75, 3.05) is 14.2 Å². The molecule has 0 aliphatic carbocycles. The van der Waals surface area contributed by atoms with Gasteiger partial charge in [-0.25, -0.2) is 4.79 Å². The normalized spacial score (nSPS) is 11.1. The van der Waals surface area contributed by atoms with Crippen LogP contribution in [0.1, 0.15) is 39.0 Å². The molecule has 0 amide bonds. The number of allylic oxidation sites excluding steroid dienone is 1. The molecule has 0 aliphatic rings. The number of unbranched alkanes of at least 4 members (excludes halogenated alkanes) is 3. The van der Waals surface area contributed by atoms with E-state index in [9.17, 15) is 9.59 Å². The van der Waals surface area contributed by atoms with E-state index in [0.29, 0.717) is 5.57 Å². The lowest BCUT2D eigenvalue weighted by Crippen LogP contribution is -2.11. The minimum atomic E-state index is -0.457. The molecule has 0 atom stereocenters. The summed E-state index contributed by atoms with van der Waals surface area (Å²) in [6.07, 6.45) is 5.78. The third-order valence-corrected chi connectivity index (χ3v) is 2.21. The van der Waals surface area contributed by atoms with Gasteiger partial charge in [0.1, 0.15) is 0 Å². The average Bonchev–Trinajstić information content (AvgIpc) is 2.31. The largest absolute Gasteiger partial charge is 0.469 e.